The van der Waals surface area contributed by atoms with Gasteiger partial charge < -0.3 is 19.3 Å². The number of methoxy groups -OCH3 is 2. The van der Waals surface area contributed by atoms with E-state index in [1.165, 1.54) is 38.5 Å². The van der Waals surface area contributed by atoms with Crippen LogP contribution in [-0.2, 0) is 9.59 Å². The summed E-state index contributed by atoms with van der Waals surface area (Å²) in [7, 11) is 6.93. The minimum absolute atomic E-state index is 0.112. The van der Waals surface area contributed by atoms with Crippen molar-refractivity contribution in [3.8, 4) is 11.5 Å². The quantitative estimate of drug-likeness (QED) is 0.627. The van der Waals surface area contributed by atoms with Gasteiger partial charge in [-0.05, 0) is 62.8 Å². The molecule has 2 aliphatic rings. The zero-order chi connectivity index (χ0) is 23.7. The van der Waals surface area contributed by atoms with E-state index in [1.54, 1.807) is 18.2 Å². The minimum Gasteiger partial charge on any atom is -0.497 e. The van der Waals surface area contributed by atoms with Crippen LogP contribution in [-0.4, -0.2) is 69.1 Å². The second-order valence-corrected chi connectivity index (χ2v) is 8.36. The molecular weight excluding hydrogens is 425 g/mol. The number of piperidine rings is 1. The van der Waals surface area contributed by atoms with Crippen molar-refractivity contribution in [1.29, 1.82) is 0 Å². The number of carbonyl (C=O) groups excluding carboxylic acids is 2. The zero-order valence-electron chi connectivity index (χ0n) is 19.3. The number of rotatable bonds is 6. The predicted octanol–water partition coefficient (Wildman–Crippen LogP) is 3.15. The van der Waals surface area contributed by atoms with Crippen LogP contribution in [0.25, 0.3) is 5.57 Å². The summed E-state index contributed by atoms with van der Waals surface area (Å²) >= 11 is 0. The number of ether oxygens (including phenoxy) is 2. The van der Waals surface area contributed by atoms with Crippen LogP contribution in [0.2, 0.25) is 0 Å². The average Bonchev–Trinajstić information content (AvgIpc) is 3.09. The first kappa shape index (κ1) is 22.8. The lowest BCUT2D eigenvalue weighted by atomic mass is 10.00. The van der Waals surface area contributed by atoms with Gasteiger partial charge in [-0.15, -0.1) is 0 Å². The maximum Gasteiger partial charge on any atom is 0.282 e. The van der Waals surface area contributed by atoms with E-state index in [1.807, 2.05) is 11.9 Å². The third-order valence-electron chi connectivity index (χ3n) is 6.41. The Morgan fingerprint density at radius 1 is 0.970 bits per heavy atom. The maximum atomic E-state index is 13.8. The Hall–Kier alpha value is -3.39. The predicted molar refractivity (Wildman–Crippen MR) is 124 cm³/mol. The van der Waals surface area contributed by atoms with Gasteiger partial charge in [-0.3, -0.25) is 9.59 Å². The highest BCUT2D eigenvalue weighted by atomic mass is 19.1. The minimum atomic E-state index is -0.468. The van der Waals surface area contributed by atoms with Gasteiger partial charge in [-0.2, -0.15) is 0 Å². The van der Waals surface area contributed by atoms with Crippen LogP contribution < -0.4 is 14.4 Å². The number of hydrogen-bond donors (Lipinski definition) is 0. The molecule has 0 radical (unpaired) electrons. The highest BCUT2D eigenvalue weighted by Crippen LogP contribution is 2.40. The van der Waals surface area contributed by atoms with E-state index in [0.29, 0.717) is 28.4 Å². The van der Waals surface area contributed by atoms with Gasteiger partial charge in [0.1, 0.15) is 23.0 Å². The summed E-state index contributed by atoms with van der Waals surface area (Å²) in [6.45, 7) is 1.82. The molecular formula is C25H28FN3O4. The molecule has 0 aliphatic carbocycles. The van der Waals surface area contributed by atoms with Crippen LogP contribution in [0.1, 0.15) is 18.4 Å². The van der Waals surface area contributed by atoms with Crippen LogP contribution >= 0.6 is 0 Å². The number of carbonyl (C=O) groups is 2. The summed E-state index contributed by atoms with van der Waals surface area (Å²) < 4.78 is 24.3. The summed E-state index contributed by atoms with van der Waals surface area (Å²) in [5.41, 5.74) is 1.41. The molecule has 2 heterocycles. The van der Waals surface area contributed by atoms with E-state index in [2.05, 4.69) is 11.9 Å². The molecule has 0 N–H and O–H groups in total. The highest BCUT2D eigenvalue weighted by Gasteiger charge is 2.44. The smallest absolute Gasteiger partial charge is 0.282 e. The number of likely N-dealkylation sites (N-methyl/N-ethyl adjacent to an activating group) is 1. The summed E-state index contributed by atoms with van der Waals surface area (Å²) in [5.74, 6) is -0.410. The molecule has 0 aromatic heterocycles. The number of imide groups is 1. The molecule has 1 fully saturated rings. The van der Waals surface area contributed by atoms with E-state index < -0.39 is 17.6 Å². The van der Waals surface area contributed by atoms with E-state index in [-0.39, 0.29) is 11.6 Å². The van der Waals surface area contributed by atoms with Crippen LogP contribution in [0.15, 0.2) is 48.2 Å². The molecule has 2 amide bonds. The molecule has 2 aromatic carbocycles. The normalized spacial score (nSPS) is 17.7. The van der Waals surface area contributed by atoms with Crippen LogP contribution in [0.4, 0.5) is 10.1 Å². The fraction of sp³-hybridized carbons (Fsp3) is 0.360. The molecule has 174 valence electrons. The summed E-state index contributed by atoms with van der Waals surface area (Å²) in [6.07, 6.45) is 1.75. The Morgan fingerprint density at radius 2 is 1.64 bits per heavy atom. The van der Waals surface area contributed by atoms with Crippen molar-refractivity contribution in [2.75, 3.05) is 46.3 Å². The van der Waals surface area contributed by atoms with Crippen molar-refractivity contribution in [2.24, 2.45) is 0 Å². The van der Waals surface area contributed by atoms with Crippen LogP contribution in [0.3, 0.4) is 0 Å². The number of anilines is 1. The Labute approximate surface area is 193 Å². The first-order chi connectivity index (χ1) is 15.8. The van der Waals surface area contributed by atoms with Crippen molar-refractivity contribution in [1.82, 2.24) is 9.80 Å². The number of hydrogen-bond acceptors (Lipinski definition) is 6. The molecule has 2 aliphatic heterocycles. The molecule has 33 heavy (non-hydrogen) atoms. The standard InChI is InChI=1S/C25H28FN3O4/c1-27-13-11-18(12-14-27)28(2)23-22(16-5-7-17(26)8-6-16)24(30)29(25(23)31)20-10-9-19(32-3)15-21(20)33-4/h5-10,15,18H,11-14H2,1-4H3. The lowest BCUT2D eigenvalue weighted by Gasteiger charge is -2.36. The molecule has 7 nitrogen and oxygen atoms in total. The topological polar surface area (TPSA) is 62.3 Å². The van der Waals surface area contributed by atoms with Crippen molar-refractivity contribution >= 4 is 23.1 Å². The molecule has 0 atom stereocenters. The number of nitrogens with zero attached hydrogens (tertiary/aromatic N) is 3. The van der Waals surface area contributed by atoms with Crippen LogP contribution in [0, 0.1) is 5.82 Å². The third-order valence-corrected chi connectivity index (χ3v) is 6.41. The van der Waals surface area contributed by atoms with E-state index in [9.17, 15) is 14.0 Å². The Kier molecular flexibility index (Phi) is 6.37. The average molecular weight is 454 g/mol. The summed E-state index contributed by atoms with van der Waals surface area (Å²) in [4.78, 5) is 32.8. The summed E-state index contributed by atoms with van der Waals surface area (Å²) in [5, 5.41) is 0. The Balaban J connectivity index is 1.80. The van der Waals surface area contributed by atoms with Gasteiger partial charge in [0, 0.05) is 19.2 Å². The number of amides is 2. The van der Waals surface area contributed by atoms with Crippen molar-refractivity contribution < 1.29 is 23.5 Å². The van der Waals surface area contributed by atoms with E-state index in [4.69, 9.17) is 9.47 Å². The van der Waals surface area contributed by atoms with Gasteiger partial charge >= 0.3 is 0 Å². The second kappa shape index (κ2) is 9.23. The largest absolute Gasteiger partial charge is 0.497 e. The zero-order valence-corrected chi connectivity index (χ0v) is 19.3. The maximum absolute atomic E-state index is 13.8. The van der Waals surface area contributed by atoms with Crippen molar-refractivity contribution in [2.45, 2.75) is 18.9 Å². The van der Waals surface area contributed by atoms with E-state index >= 15 is 0 Å². The molecule has 0 spiro atoms. The molecule has 0 bridgehead atoms. The molecule has 0 saturated carbocycles. The first-order valence-corrected chi connectivity index (χ1v) is 10.9. The lowest BCUT2D eigenvalue weighted by molar-refractivity contribution is -0.120. The van der Waals surface area contributed by atoms with Gasteiger partial charge in [0.05, 0.1) is 25.5 Å². The molecule has 4 rings (SSSR count). The van der Waals surface area contributed by atoms with Crippen molar-refractivity contribution in [3.05, 3.63) is 59.5 Å². The fourth-order valence-electron chi connectivity index (χ4n) is 4.48. The molecule has 2 aromatic rings. The number of benzene rings is 2. The lowest BCUT2D eigenvalue weighted by Crippen LogP contribution is -2.43. The molecule has 1 saturated heterocycles. The van der Waals surface area contributed by atoms with Gasteiger partial charge in [0.15, 0.2) is 0 Å². The molecule has 0 unspecified atom stereocenters. The summed E-state index contributed by atoms with van der Waals surface area (Å²) in [6, 6.07) is 10.7. The third kappa shape index (κ3) is 4.18. The highest BCUT2D eigenvalue weighted by molar-refractivity contribution is 6.45. The van der Waals surface area contributed by atoms with Gasteiger partial charge in [0.25, 0.3) is 11.8 Å². The monoisotopic (exact) mass is 453 g/mol. The van der Waals surface area contributed by atoms with Crippen molar-refractivity contribution in [3.63, 3.8) is 0 Å². The van der Waals surface area contributed by atoms with Gasteiger partial charge in [-0.25, -0.2) is 9.29 Å². The van der Waals surface area contributed by atoms with E-state index in [0.717, 1.165) is 30.8 Å². The van der Waals surface area contributed by atoms with Gasteiger partial charge in [0.2, 0.25) is 0 Å². The van der Waals surface area contributed by atoms with Crippen LogP contribution in [0.5, 0.6) is 11.5 Å². The van der Waals surface area contributed by atoms with Gasteiger partial charge in [-0.1, -0.05) is 12.1 Å². The Morgan fingerprint density at radius 3 is 2.24 bits per heavy atom. The first-order valence-electron chi connectivity index (χ1n) is 10.9. The number of halogens is 1. The second-order valence-electron chi connectivity index (χ2n) is 8.36. The Bertz CT molecular complexity index is 1090. The fourth-order valence-corrected chi connectivity index (χ4v) is 4.48. The number of likely N-dealkylation sites (tertiary alicyclic amines) is 1. The molecule has 8 heteroatoms. The SMILES string of the molecule is COc1ccc(N2C(=O)C(c3ccc(F)cc3)=C(N(C)C3CCN(C)CC3)C2=O)c(OC)c1.